The average Bonchev–Trinajstić information content (AvgIpc) is 2.57. The number of rotatable bonds is 3. The molecule has 1 aromatic carbocycles. The lowest BCUT2D eigenvalue weighted by atomic mass is 9.78. The Morgan fingerprint density at radius 3 is 2.20 bits per heavy atom. The van der Waals surface area contributed by atoms with Gasteiger partial charge in [-0.1, -0.05) is 0 Å². The molecule has 1 fully saturated rings. The summed E-state index contributed by atoms with van der Waals surface area (Å²) in [5.74, 6) is -0.330. The van der Waals surface area contributed by atoms with E-state index < -0.39 is 24.1 Å². The van der Waals surface area contributed by atoms with E-state index >= 15 is 0 Å². The number of halogens is 1. The minimum Gasteiger partial charge on any atom is -0.496 e. The molecule has 1 heterocycles. The monoisotopic (exact) mass is 280 g/mol. The molecule has 0 aromatic heterocycles. The lowest BCUT2D eigenvalue weighted by Crippen LogP contribution is -2.41. The van der Waals surface area contributed by atoms with Crippen molar-refractivity contribution in [1.82, 2.24) is 0 Å². The van der Waals surface area contributed by atoms with Crippen molar-refractivity contribution >= 4 is 18.9 Å². The molecule has 1 aliphatic heterocycles. The highest BCUT2D eigenvalue weighted by molar-refractivity contribution is 6.62. The zero-order chi connectivity index (χ0) is 15.1. The molecule has 6 heteroatoms. The Hall–Kier alpha value is -1.40. The van der Waals surface area contributed by atoms with Gasteiger partial charge in [-0.3, -0.25) is 4.79 Å². The summed E-state index contributed by atoms with van der Waals surface area (Å²) in [7, 11) is 0.542. The van der Waals surface area contributed by atoms with Crippen molar-refractivity contribution in [1.29, 1.82) is 0 Å². The highest BCUT2D eigenvalue weighted by Crippen LogP contribution is 2.36. The summed E-state index contributed by atoms with van der Waals surface area (Å²) < 4.78 is 30.7. The molecule has 0 saturated carbocycles. The first-order valence-corrected chi connectivity index (χ1v) is 6.40. The fourth-order valence-corrected chi connectivity index (χ4v) is 2.01. The van der Waals surface area contributed by atoms with Gasteiger partial charge >= 0.3 is 7.12 Å². The molecule has 0 N–H and O–H groups in total. The summed E-state index contributed by atoms with van der Waals surface area (Å²) in [5.41, 5.74) is -0.665. The Bertz CT molecular complexity index is 526. The normalized spacial score (nSPS) is 20.0. The molecule has 1 aromatic rings. The Balaban J connectivity index is 2.42. The molecular formula is C14H18BFO4. The summed E-state index contributed by atoms with van der Waals surface area (Å²) in [6.45, 7) is 7.54. The van der Waals surface area contributed by atoms with Gasteiger partial charge in [-0.2, -0.15) is 0 Å². The van der Waals surface area contributed by atoms with Gasteiger partial charge in [0.15, 0.2) is 6.29 Å². The maximum Gasteiger partial charge on any atom is 0.497 e. The van der Waals surface area contributed by atoms with Gasteiger partial charge in [0.2, 0.25) is 0 Å². The van der Waals surface area contributed by atoms with Crippen LogP contribution in [-0.4, -0.2) is 31.7 Å². The zero-order valence-electron chi connectivity index (χ0n) is 12.3. The van der Waals surface area contributed by atoms with Crippen LogP contribution in [-0.2, 0) is 9.31 Å². The predicted octanol–water partition coefficient (Wildman–Crippen LogP) is 1.95. The van der Waals surface area contributed by atoms with Crippen molar-refractivity contribution in [2.24, 2.45) is 0 Å². The molecule has 4 nitrogen and oxygen atoms in total. The van der Waals surface area contributed by atoms with Gasteiger partial charge in [-0.15, -0.1) is 0 Å². The van der Waals surface area contributed by atoms with Crippen LogP contribution in [0.2, 0.25) is 0 Å². The third-order valence-corrected chi connectivity index (χ3v) is 3.98. The summed E-state index contributed by atoms with van der Waals surface area (Å²) >= 11 is 0. The number of hydrogen-bond acceptors (Lipinski definition) is 4. The highest BCUT2D eigenvalue weighted by Gasteiger charge is 2.52. The first kappa shape index (κ1) is 15.0. The summed E-state index contributed by atoms with van der Waals surface area (Å²) in [6.07, 6.45) is 0.618. The molecular weight excluding hydrogens is 262 g/mol. The minimum absolute atomic E-state index is 0.192. The standard InChI is InChI=1S/C14H18BFO4/c1-13(2)14(3,4)20-15(19-13)10-6-9(8-17)12(18-5)7-11(10)16/h6-8H,1-5H3. The molecule has 0 spiro atoms. The summed E-state index contributed by atoms with van der Waals surface area (Å²) in [4.78, 5) is 11.0. The number of carbonyl (C=O) groups excluding carboxylic acids is 1. The van der Waals surface area contributed by atoms with Gasteiger partial charge < -0.3 is 14.0 Å². The Kier molecular flexibility index (Phi) is 3.65. The molecule has 0 amide bonds. The third kappa shape index (κ3) is 2.34. The van der Waals surface area contributed by atoms with E-state index in [2.05, 4.69) is 0 Å². The van der Waals surface area contributed by atoms with Gasteiger partial charge in [-0.05, 0) is 33.8 Å². The lowest BCUT2D eigenvalue weighted by Gasteiger charge is -2.32. The molecule has 1 aliphatic rings. The summed E-state index contributed by atoms with van der Waals surface area (Å²) in [5, 5.41) is 0. The molecule has 20 heavy (non-hydrogen) atoms. The summed E-state index contributed by atoms with van der Waals surface area (Å²) in [6, 6.07) is 2.58. The molecule has 108 valence electrons. The van der Waals surface area contributed by atoms with Crippen LogP contribution >= 0.6 is 0 Å². The molecule has 0 atom stereocenters. The second kappa shape index (κ2) is 4.86. The Morgan fingerprint density at radius 2 is 1.75 bits per heavy atom. The highest BCUT2D eigenvalue weighted by atomic mass is 19.1. The number of benzene rings is 1. The number of ether oxygens (including phenoxy) is 1. The van der Waals surface area contributed by atoms with Crippen molar-refractivity contribution < 1.29 is 23.2 Å². The van der Waals surface area contributed by atoms with Crippen molar-refractivity contribution in [2.45, 2.75) is 38.9 Å². The van der Waals surface area contributed by atoms with E-state index in [9.17, 15) is 9.18 Å². The lowest BCUT2D eigenvalue weighted by molar-refractivity contribution is 0.00578. The number of carbonyl (C=O) groups is 1. The van der Waals surface area contributed by atoms with Crippen LogP contribution in [0.4, 0.5) is 4.39 Å². The van der Waals surface area contributed by atoms with Crippen LogP contribution in [0.3, 0.4) is 0 Å². The van der Waals surface area contributed by atoms with E-state index in [1.807, 2.05) is 27.7 Å². The van der Waals surface area contributed by atoms with Crippen molar-refractivity contribution in [2.75, 3.05) is 7.11 Å². The van der Waals surface area contributed by atoms with Crippen LogP contribution in [0.15, 0.2) is 12.1 Å². The Morgan fingerprint density at radius 1 is 1.20 bits per heavy atom. The smallest absolute Gasteiger partial charge is 0.496 e. The zero-order valence-corrected chi connectivity index (χ0v) is 12.3. The van der Waals surface area contributed by atoms with Gasteiger partial charge in [0.25, 0.3) is 0 Å². The number of methoxy groups -OCH3 is 1. The third-order valence-electron chi connectivity index (χ3n) is 3.98. The van der Waals surface area contributed by atoms with E-state index in [1.165, 1.54) is 19.2 Å². The second-order valence-corrected chi connectivity index (χ2v) is 5.82. The SMILES string of the molecule is COc1cc(F)c(B2OC(C)(C)C(C)(C)O2)cc1C=O. The van der Waals surface area contributed by atoms with E-state index in [0.717, 1.165) is 0 Å². The Labute approximate surface area is 118 Å². The van der Waals surface area contributed by atoms with Crippen molar-refractivity contribution in [3.63, 3.8) is 0 Å². The predicted molar refractivity (Wildman–Crippen MR) is 74.1 cm³/mol. The van der Waals surface area contributed by atoms with Gasteiger partial charge in [0, 0.05) is 11.5 Å². The number of hydrogen-bond donors (Lipinski definition) is 0. The van der Waals surface area contributed by atoms with Crippen LogP contribution in [0.5, 0.6) is 5.75 Å². The second-order valence-electron chi connectivity index (χ2n) is 5.82. The fraction of sp³-hybridized carbons (Fsp3) is 0.500. The van der Waals surface area contributed by atoms with Crippen molar-refractivity contribution in [3.8, 4) is 5.75 Å². The molecule has 0 aliphatic carbocycles. The maximum atomic E-state index is 14.2. The first-order valence-electron chi connectivity index (χ1n) is 6.40. The molecule has 2 rings (SSSR count). The average molecular weight is 280 g/mol. The molecule has 0 unspecified atom stereocenters. The van der Waals surface area contributed by atoms with Crippen LogP contribution in [0.25, 0.3) is 0 Å². The van der Waals surface area contributed by atoms with E-state index in [1.54, 1.807) is 0 Å². The van der Waals surface area contributed by atoms with E-state index in [0.29, 0.717) is 6.29 Å². The van der Waals surface area contributed by atoms with Gasteiger partial charge in [0.05, 0.1) is 23.9 Å². The van der Waals surface area contributed by atoms with E-state index in [4.69, 9.17) is 14.0 Å². The van der Waals surface area contributed by atoms with E-state index in [-0.39, 0.29) is 16.8 Å². The first-order chi connectivity index (χ1) is 9.21. The quantitative estimate of drug-likeness (QED) is 0.627. The van der Waals surface area contributed by atoms with Crippen LogP contribution in [0.1, 0.15) is 38.1 Å². The molecule has 0 bridgehead atoms. The van der Waals surface area contributed by atoms with Gasteiger partial charge in [0.1, 0.15) is 11.6 Å². The maximum absolute atomic E-state index is 14.2. The van der Waals surface area contributed by atoms with Crippen molar-refractivity contribution in [3.05, 3.63) is 23.5 Å². The fourth-order valence-electron chi connectivity index (χ4n) is 2.01. The molecule has 0 radical (unpaired) electrons. The molecule has 1 saturated heterocycles. The van der Waals surface area contributed by atoms with Crippen LogP contribution in [0, 0.1) is 5.82 Å². The largest absolute Gasteiger partial charge is 0.497 e. The topological polar surface area (TPSA) is 44.8 Å². The minimum atomic E-state index is -0.843. The van der Waals surface area contributed by atoms with Gasteiger partial charge in [-0.25, -0.2) is 4.39 Å². The number of aldehydes is 1. The van der Waals surface area contributed by atoms with Crippen LogP contribution < -0.4 is 10.2 Å².